The van der Waals surface area contributed by atoms with E-state index in [2.05, 4.69) is 22.9 Å². The molecule has 0 heterocycles. The van der Waals surface area contributed by atoms with Crippen molar-refractivity contribution in [3.8, 4) is 0 Å². The molecule has 3 N–H and O–H groups in total. The first-order valence-electron chi connectivity index (χ1n) is 7.52. The van der Waals surface area contributed by atoms with Gasteiger partial charge >= 0.3 is 14.8 Å². The van der Waals surface area contributed by atoms with E-state index in [0.717, 1.165) is 44.9 Å². The monoisotopic (exact) mass is 321 g/mol. The zero-order valence-electron chi connectivity index (χ0n) is 13.8. The second-order valence-electron chi connectivity index (χ2n) is 4.69. The van der Waals surface area contributed by atoms with Crippen molar-refractivity contribution < 1.29 is 18.1 Å². The van der Waals surface area contributed by atoms with E-state index >= 15 is 0 Å². The molecular weight excluding hydrogens is 290 g/mol. The molecular formula is C13H31N3O4Si. The predicted molar refractivity (Wildman–Crippen MR) is 85.4 cm³/mol. The summed E-state index contributed by atoms with van der Waals surface area (Å²) in [4.78, 5) is 11.4. The molecule has 0 aromatic rings. The SMILES string of the molecule is CCCCNC(=O)NCCNCCC[Si](OC)(OC)OC. The van der Waals surface area contributed by atoms with E-state index in [9.17, 15) is 4.79 Å². The van der Waals surface area contributed by atoms with Gasteiger partial charge in [0.1, 0.15) is 0 Å². The number of nitrogens with one attached hydrogen (secondary N) is 3. The summed E-state index contributed by atoms with van der Waals surface area (Å²) in [6, 6.07) is 0.670. The molecule has 0 saturated carbocycles. The van der Waals surface area contributed by atoms with Crippen molar-refractivity contribution in [2.45, 2.75) is 32.2 Å². The number of unbranched alkanes of at least 4 members (excludes halogenated alkanes) is 1. The second kappa shape index (κ2) is 13.0. The lowest BCUT2D eigenvalue weighted by Crippen LogP contribution is -2.43. The lowest BCUT2D eigenvalue weighted by atomic mass is 10.3. The van der Waals surface area contributed by atoms with Gasteiger partial charge in [0.2, 0.25) is 0 Å². The molecule has 0 unspecified atom stereocenters. The Balaban J connectivity index is 3.49. The number of hydrogen-bond acceptors (Lipinski definition) is 5. The maximum atomic E-state index is 11.4. The van der Waals surface area contributed by atoms with Gasteiger partial charge in [0.05, 0.1) is 0 Å². The Morgan fingerprint density at radius 1 is 0.905 bits per heavy atom. The summed E-state index contributed by atoms with van der Waals surface area (Å²) in [5, 5.41) is 8.88. The van der Waals surface area contributed by atoms with E-state index in [1.165, 1.54) is 0 Å². The maximum absolute atomic E-state index is 11.4. The number of rotatable bonds is 13. The third-order valence-electron chi connectivity index (χ3n) is 3.17. The predicted octanol–water partition coefficient (Wildman–Crippen LogP) is 0.944. The first kappa shape index (κ1) is 20.3. The minimum absolute atomic E-state index is 0.102. The smallest absolute Gasteiger partial charge is 0.377 e. The molecule has 0 rings (SSSR count). The van der Waals surface area contributed by atoms with E-state index in [0.29, 0.717) is 6.54 Å². The van der Waals surface area contributed by atoms with Gasteiger partial charge in [-0.3, -0.25) is 0 Å². The van der Waals surface area contributed by atoms with E-state index in [1.54, 1.807) is 21.3 Å². The second-order valence-corrected chi connectivity index (χ2v) is 7.78. The van der Waals surface area contributed by atoms with Gasteiger partial charge < -0.3 is 29.2 Å². The van der Waals surface area contributed by atoms with Crippen LogP contribution in [0.4, 0.5) is 4.79 Å². The lowest BCUT2D eigenvalue weighted by Gasteiger charge is -2.24. The van der Waals surface area contributed by atoms with Crippen LogP contribution in [0.2, 0.25) is 6.04 Å². The molecule has 7 nitrogen and oxygen atoms in total. The number of carbonyl (C=O) groups excluding carboxylic acids is 1. The Labute approximate surface area is 129 Å². The molecule has 0 saturated heterocycles. The molecule has 0 aliphatic rings. The summed E-state index contributed by atoms with van der Waals surface area (Å²) in [5.74, 6) is 0. The van der Waals surface area contributed by atoms with Gasteiger partial charge in [-0.1, -0.05) is 13.3 Å². The highest BCUT2D eigenvalue weighted by molar-refractivity contribution is 6.60. The molecule has 0 aliphatic heterocycles. The Bertz CT molecular complexity index is 258. The fourth-order valence-corrected chi connectivity index (χ4v) is 3.54. The maximum Gasteiger partial charge on any atom is 0.500 e. The molecule has 2 amide bonds. The summed E-state index contributed by atoms with van der Waals surface area (Å²) in [5.41, 5.74) is 0. The van der Waals surface area contributed by atoms with Gasteiger partial charge in [0.15, 0.2) is 0 Å². The lowest BCUT2D eigenvalue weighted by molar-refractivity contribution is 0.123. The molecule has 0 aliphatic carbocycles. The van der Waals surface area contributed by atoms with Gasteiger partial charge in [-0.25, -0.2) is 4.79 Å². The van der Waals surface area contributed by atoms with E-state index in [-0.39, 0.29) is 6.03 Å². The number of carbonyl (C=O) groups is 1. The number of urea groups is 1. The highest BCUT2D eigenvalue weighted by Crippen LogP contribution is 2.14. The highest BCUT2D eigenvalue weighted by atomic mass is 28.4. The van der Waals surface area contributed by atoms with Crippen LogP contribution in [0.3, 0.4) is 0 Å². The Kier molecular flexibility index (Phi) is 12.6. The molecule has 0 aromatic heterocycles. The summed E-state index contributed by atoms with van der Waals surface area (Å²) >= 11 is 0. The van der Waals surface area contributed by atoms with Crippen LogP contribution in [0.5, 0.6) is 0 Å². The molecule has 0 radical (unpaired) electrons. The molecule has 0 spiro atoms. The van der Waals surface area contributed by atoms with Gasteiger partial charge in [-0.2, -0.15) is 0 Å². The molecule has 126 valence electrons. The molecule has 0 atom stereocenters. The fourth-order valence-electron chi connectivity index (χ4n) is 1.82. The van der Waals surface area contributed by atoms with Gasteiger partial charge in [0, 0.05) is 47.0 Å². The largest absolute Gasteiger partial charge is 0.500 e. The molecule has 8 heteroatoms. The van der Waals surface area contributed by atoms with E-state index < -0.39 is 8.80 Å². The van der Waals surface area contributed by atoms with E-state index in [1.807, 2.05) is 0 Å². The topological polar surface area (TPSA) is 80.9 Å². The van der Waals surface area contributed by atoms with Crippen LogP contribution in [0.1, 0.15) is 26.2 Å². The minimum atomic E-state index is -2.44. The molecule has 0 aromatic carbocycles. The Morgan fingerprint density at radius 3 is 2.10 bits per heavy atom. The normalized spacial score (nSPS) is 11.4. The van der Waals surface area contributed by atoms with Crippen LogP contribution < -0.4 is 16.0 Å². The fraction of sp³-hybridized carbons (Fsp3) is 0.923. The van der Waals surface area contributed by atoms with Crippen molar-refractivity contribution in [2.75, 3.05) is 47.5 Å². The van der Waals surface area contributed by atoms with Gasteiger partial charge in [0.25, 0.3) is 0 Å². The number of hydrogen-bond donors (Lipinski definition) is 3. The minimum Gasteiger partial charge on any atom is -0.377 e. The van der Waals surface area contributed by atoms with Crippen molar-refractivity contribution >= 4 is 14.8 Å². The van der Waals surface area contributed by atoms with Crippen LogP contribution in [-0.4, -0.2) is 62.3 Å². The summed E-state index contributed by atoms with van der Waals surface area (Å²) in [6.07, 6.45) is 3.00. The number of amides is 2. The van der Waals surface area contributed by atoms with Crippen LogP contribution in [0.25, 0.3) is 0 Å². The van der Waals surface area contributed by atoms with Crippen LogP contribution in [0.15, 0.2) is 0 Å². The van der Waals surface area contributed by atoms with Crippen LogP contribution in [0, 0.1) is 0 Å². The van der Waals surface area contributed by atoms with Crippen molar-refractivity contribution in [3.05, 3.63) is 0 Å². The third kappa shape index (κ3) is 9.80. The highest BCUT2D eigenvalue weighted by Gasteiger charge is 2.36. The van der Waals surface area contributed by atoms with Crippen molar-refractivity contribution in [3.63, 3.8) is 0 Å². The molecule has 0 bridgehead atoms. The zero-order valence-corrected chi connectivity index (χ0v) is 14.8. The summed E-state index contributed by atoms with van der Waals surface area (Å²) < 4.78 is 16.0. The first-order chi connectivity index (χ1) is 10.1. The first-order valence-corrected chi connectivity index (χ1v) is 9.45. The summed E-state index contributed by atoms with van der Waals surface area (Å²) in [7, 11) is 2.41. The van der Waals surface area contributed by atoms with Gasteiger partial charge in [-0.05, 0) is 19.4 Å². The molecule has 21 heavy (non-hydrogen) atoms. The van der Waals surface area contributed by atoms with Crippen molar-refractivity contribution in [1.82, 2.24) is 16.0 Å². The quantitative estimate of drug-likeness (QED) is 0.347. The average Bonchev–Trinajstić information content (AvgIpc) is 2.51. The van der Waals surface area contributed by atoms with Crippen molar-refractivity contribution in [2.24, 2.45) is 0 Å². The average molecular weight is 321 g/mol. The third-order valence-corrected chi connectivity index (χ3v) is 6.00. The van der Waals surface area contributed by atoms with E-state index in [4.69, 9.17) is 13.3 Å². The zero-order chi connectivity index (χ0) is 16.0. The van der Waals surface area contributed by atoms with Crippen LogP contribution in [-0.2, 0) is 13.3 Å². The molecule has 0 fully saturated rings. The Morgan fingerprint density at radius 2 is 1.52 bits per heavy atom. The van der Waals surface area contributed by atoms with Crippen molar-refractivity contribution in [1.29, 1.82) is 0 Å². The van der Waals surface area contributed by atoms with Gasteiger partial charge in [-0.15, -0.1) is 0 Å². The Hall–Kier alpha value is -0.673. The summed E-state index contributed by atoms with van der Waals surface area (Å²) in [6.45, 7) is 5.01. The standard InChI is InChI=1S/C13H31N3O4Si/c1-5-6-9-15-13(17)16-11-10-14-8-7-12-21(18-2,19-3)20-4/h14H,5-12H2,1-4H3,(H2,15,16,17). The van der Waals surface area contributed by atoms with Crippen LogP contribution >= 0.6 is 0 Å².